The van der Waals surface area contributed by atoms with Crippen LogP contribution in [0.25, 0.3) is 11.5 Å². The van der Waals surface area contributed by atoms with E-state index in [0.29, 0.717) is 5.82 Å². The highest BCUT2D eigenvalue weighted by Crippen LogP contribution is 2.48. The molecule has 1 aliphatic carbocycles. The highest BCUT2D eigenvalue weighted by atomic mass is 32.2. The molecule has 0 N–H and O–H groups in total. The summed E-state index contributed by atoms with van der Waals surface area (Å²) in [6.07, 6.45) is 4.48. The minimum absolute atomic E-state index is 0.118. The lowest BCUT2D eigenvalue weighted by Crippen LogP contribution is -2.50. The van der Waals surface area contributed by atoms with Crippen LogP contribution in [0, 0.1) is 0 Å². The summed E-state index contributed by atoms with van der Waals surface area (Å²) in [4.78, 5) is 19.4. The van der Waals surface area contributed by atoms with Crippen molar-refractivity contribution in [1.82, 2.24) is 19.7 Å². The van der Waals surface area contributed by atoms with E-state index in [1.165, 1.54) is 11.8 Å². The van der Waals surface area contributed by atoms with Gasteiger partial charge >= 0.3 is 0 Å². The van der Waals surface area contributed by atoms with Crippen LogP contribution in [0.2, 0.25) is 0 Å². The van der Waals surface area contributed by atoms with Crippen molar-refractivity contribution in [1.29, 1.82) is 0 Å². The zero-order chi connectivity index (χ0) is 18.9. The fourth-order valence-electron chi connectivity index (χ4n) is 3.23. The molecule has 3 aromatic rings. The second kappa shape index (κ2) is 7.15. The number of benzene rings is 1. The van der Waals surface area contributed by atoms with Crippen LogP contribution in [-0.2, 0) is 11.8 Å². The quantitative estimate of drug-likeness (QED) is 0.678. The molecule has 0 bridgehead atoms. The molecular formula is C20H21N5OS. The number of hydrogen-bond acceptors (Lipinski definition) is 5. The van der Waals surface area contributed by atoms with Gasteiger partial charge in [-0.05, 0) is 43.5 Å². The molecular weight excluding hydrogens is 358 g/mol. The van der Waals surface area contributed by atoms with Crippen molar-refractivity contribution in [2.24, 2.45) is 7.05 Å². The molecule has 4 rings (SSSR count). The van der Waals surface area contributed by atoms with Gasteiger partial charge in [0.1, 0.15) is 10.4 Å². The van der Waals surface area contributed by atoms with Gasteiger partial charge in [-0.15, -0.1) is 10.2 Å². The van der Waals surface area contributed by atoms with Gasteiger partial charge in [0.2, 0.25) is 5.91 Å². The summed E-state index contributed by atoms with van der Waals surface area (Å²) in [5, 5.41) is 9.38. The molecule has 2 aromatic heterocycles. The van der Waals surface area contributed by atoms with Gasteiger partial charge in [0.05, 0.1) is 0 Å². The summed E-state index contributed by atoms with van der Waals surface area (Å²) >= 11 is 1.52. The van der Waals surface area contributed by atoms with Gasteiger partial charge < -0.3 is 9.47 Å². The molecule has 1 aliphatic rings. The zero-order valence-corrected chi connectivity index (χ0v) is 16.2. The van der Waals surface area contributed by atoms with E-state index in [0.717, 1.165) is 35.8 Å². The van der Waals surface area contributed by atoms with Crippen molar-refractivity contribution >= 4 is 23.4 Å². The van der Waals surface area contributed by atoms with Gasteiger partial charge in [-0.1, -0.05) is 36.0 Å². The molecule has 0 unspecified atom stereocenters. The van der Waals surface area contributed by atoms with E-state index in [-0.39, 0.29) is 5.91 Å². The first-order valence-corrected chi connectivity index (χ1v) is 9.75. The molecule has 1 saturated carbocycles. The lowest BCUT2D eigenvalue weighted by molar-refractivity contribution is -0.122. The summed E-state index contributed by atoms with van der Waals surface area (Å²) < 4.78 is 1.44. The number of hydrogen-bond donors (Lipinski definition) is 0. The summed E-state index contributed by atoms with van der Waals surface area (Å²) in [5.41, 5.74) is 1.68. The van der Waals surface area contributed by atoms with Crippen molar-refractivity contribution < 1.29 is 4.79 Å². The topological polar surface area (TPSA) is 63.9 Å². The number of carbonyl (C=O) groups is 1. The number of nitrogens with zero attached hydrogens (tertiary/aromatic N) is 5. The van der Waals surface area contributed by atoms with Gasteiger partial charge in [-0.3, -0.25) is 9.78 Å². The van der Waals surface area contributed by atoms with Crippen LogP contribution in [0.3, 0.4) is 0 Å². The predicted octanol–water partition coefficient (Wildman–Crippen LogP) is 3.55. The first-order valence-electron chi connectivity index (χ1n) is 8.94. The van der Waals surface area contributed by atoms with Crippen LogP contribution in [0.5, 0.6) is 0 Å². The second-order valence-electron chi connectivity index (χ2n) is 6.73. The molecule has 0 saturated heterocycles. The third-order valence-corrected chi connectivity index (χ3v) is 6.53. The lowest BCUT2D eigenvalue weighted by Gasteiger charge is -2.41. The van der Waals surface area contributed by atoms with E-state index in [4.69, 9.17) is 0 Å². The van der Waals surface area contributed by atoms with Crippen molar-refractivity contribution in [2.75, 3.05) is 11.9 Å². The number of pyridine rings is 1. The van der Waals surface area contributed by atoms with Gasteiger partial charge in [-0.2, -0.15) is 0 Å². The highest BCUT2D eigenvalue weighted by molar-refractivity contribution is 8.01. The maximum Gasteiger partial charge on any atom is 0.243 e. The summed E-state index contributed by atoms with van der Waals surface area (Å²) in [6.45, 7) is 0. The standard InChI is InChI=1S/C20H21N5OS/c1-24(15-9-4-3-5-10-15)18(26)20(12-8-13-20)27-19-23-22-17(25(19)2)16-11-6-7-14-21-16/h3-7,9-11,14H,8,12-13H2,1-2H3. The average molecular weight is 379 g/mol. The minimum Gasteiger partial charge on any atom is -0.314 e. The molecule has 2 heterocycles. The Bertz CT molecular complexity index is 938. The van der Waals surface area contributed by atoms with Crippen LogP contribution in [0.15, 0.2) is 59.9 Å². The largest absolute Gasteiger partial charge is 0.314 e. The minimum atomic E-state index is -0.479. The Morgan fingerprint density at radius 2 is 1.85 bits per heavy atom. The molecule has 0 atom stereocenters. The number of para-hydroxylation sites is 1. The number of thioether (sulfide) groups is 1. The maximum absolute atomic E-state index is 13.3. The summed E-state index contributed by atoms with van der Waals surface area (Å²) in [6, 6.07) is 15.5. The lowest BCUT2D eigenvalue weighted by atomic mass is 9.83. The molecule has 138 valence electrons. The predicted molar refractivity (Wildman–Crippen MR) is 107 cm³/mol. The molecule has 1 amide bonds. The third kappa shape index (κ3) is 3.23. The fraction of sp³-hybridized carbons (Fsp3) is 0.300. The molecule has 1 aromatic carbocycles. The molecule has 7 heteroatoms. The second-order valence-corrected chi connectivity index (χ2v) is 8.08. The van der Waals surface area contributed by atoms with E-state index in [2.05, 4.69) is 15.2 Å². The van der Waals surface area contributed by atoms with E-state index >= 15 is 0 Å². The van der Waals surface area contributed by atoms with E-state index < -0.39 is 4.75 Å². The van der Waals surface area contributed by atoms with E-state index in [9.17, 15) is 4.79 Å². The van der Waals surface area contributed by atoms with Gasteiger partial charge in [0, 0.05) is 26.0 Å². The van der Waals surface area contributed by atoms with E-state index in [1.54, 1.807) is 11.1 Å². The molecule has 0 radical (unpaired) electrons. The Hall–Kier alpha value is -2.67. The number of amides is 1. The fourth-order valence-corrected chi connectivity index (χ4v) is 4.60. The smallest absolute Gasteiger partial charge is 0.243 e. The Kier molecular flexibility index (Phi) is 4.70. The van der Waals surface area contributed by atoms with Crippen molar-refractivity contribution in [3.8, 4) is 11.5 Å². The van der Waals surface area contributed by atoms with Gasteiger partial charge in [0.25, 0.3) is 0 Å². The maximum atomic E-state index is 13.3. The van der Waals surface area contributed by atoms with Gasteiger partial charge in [-0.25, -0.2) is 0 Å². The molecule has 0 aliphatic heterocycles. The van der Waals surface area contributed by atoms with E-state index in [1.807, 2.05) is 67.2 Å². The normalized spacial score (nSPS) is 15.2. The highest BCUT2D eigenvalue weighted by Gasteiger charge is 2.48. The number of rotatable bonds is 5. The summed E-state index contributed by atoms with van der Waals surface area (Å²) in [5.74, 6) is 0.823. The van der Waals surface area contributed by atoms with Crippen LogP contribution < -0.4 is 4.90 Å². The number of anilines is 1. The number of aromatic nitrogens is 4. The van der Waals surface area contributed by atoms with Crippen LogP contribution >= 0.6 is 11.8 Å². The molecule has 0 spiro atoms. The van der Waals surface area contributed by atoms with Crippen LogP contribution in [0.4, 0.5) is 5.69 Å². The van der Waals surface area contributed by atoms with Crippen LogP contribution in [-0.4, -0.2) is 37.5 Å². The zero-order valence-electron chi connectivity index (χ0n) is 15.4. The van der Waals surface area contributed by atoms with Crippen molar-refractivity contribution in [2.45, 2.75) is 29.2 Å². The average Bonchev–Trinajstić information content (AvgIpc) is 3.05. The van der Waals surface area contributed by atoms with Crippen LogP contribution in [0.1, 0.15) is 19.3 Å². The number of carbonyl (C=O) groups excluding carboxylic acids is 1. The Balaban J connectivity index is 1.59. The molecule has 6 nitrogen and oxygen atoms in total. The Labute approximate surface area is 162 Å². The Morgan fingerprint density at radius 1 is 1.11 bits per heavy atom. The van der Waals surface area contributed by atoms with Crippen molar-refractivity contribution in [3.05, 3.63) is 54.7 Å². The third-order valence-electron chi connectivity index (χ3n) is 5.01. The summed E-state index contributed by atoms with van der Waals surface area (Å²) in [7, 11) is 3.76. The molecule has 27 heavy (non-hydrogen) atoms. The SMILES string of the molecule is CN(C(=O)C1(Sc2nnc(-c3ccccn3)n2C)CCC1)c1ccccc1. The monoisotopic (exact) mass is 379 g/mol. The van der Waals surface area contributed by atoms with Gasteiger partial charge in [0.15, 0.2) is 11.0 Å². The molecule has 1 fully saturated rings. The Morgan fingerprint density at radius 3 is 2.48 bits per heavy atom. The first kappa shape index (κ1) is 17.7. The first-order chi connectivity index (χ1) is 13.1. The van der Waals surface area contributed by atoms with Crippen molar-refractivity contribution in [3.63, 3.8) is 0 Å².